The summed E-state index contributed by atoms with van der Waals surface area (Å²) in [7, 11) is 3.73. The van der Waals surface area contributed by atoms with Crippen molar-refractivity contribution in [3.63, 3.8) is 0 Å². The van der Waals surface area contributed by atoms with Gasteiger partial charge in [-0.25, -0.2) is 4.79 Å². The van der Waals surface area contributed by atoms with Gasteiger partial charge in [0.2, 0.25) is 0 Å². The molecule has 0 atom stereocenters. The van der Waals surface area contributed by atoms with E-state index >= 15 is 0 Å². The van der Waals surface area contributed by atoms with Gasteiger partial charge >= 0.3 is 5.97 Å². The summed E-state index contributed by atoms with van der Waals surface area (Å²) in [5, 5.41) is 8.59. The van der Waals surface area contributed by atoms with E-state index in [4.69, 9.17) is 5.11 Å². The Kier molecular flexibility index (Phi) is 4.50. The molecule has 0 spiro atoms. The van der Waals surface area contributed by atoms with Gasteiger partial charge in [0.25, 0.3) is 0 Å². The minimum Gasteiger partial charge on any atom is -0.477 e. The monoisotopic (exact) mass is 184 g/mol. The van der Waals surface area contributed by atoms with E-state index in [0.717, 1.165) is 0 Å². The van der Waals surface area contributed by atoms with E-state index in [1.54, 1.807) is 0 Å². The van der Waals surface area contributed by atoms with E-state index in [0.29, 0.717) is 16.9 Å². The Morgan fingerprint density at radius 1 is 1.46 bits per heavy atom. The predicted molar refractivity (Wildman–Crippen MR) is 52.1 cm³/mol. The van der Waals surface area contributed by atoms with Gasteiger partial charge in [0.15, 0.2) is 6.54 Å². The van der Waals surface area contributed by atoms with Crippen LogP contribution in [0.4, 0.5) is 0 Å². The van der Waals surface area contributed by atoms with Gasteiger partial charge in [0.05, 0.1) is 14.1 Å². The summed E-state index contributed by atoms with van der Waals surface area (Å²) >= 11 is 0. The molecule has 0 rings (SSSR count). The largest absolute Gasteiger partial charge is 0.477 e. The standard InChI is InChI=1S/C10H17NO2/c1-9(2)6-5-7-11(3,4)8-10(12)13/h9H,7-8H2,1-4H3/p+1. The first kappa shape index (κ1) is 12.0. The topological polar surface area (TPSA) is 37.3 Å². The Bertz CT molecular complexity index is 233. The van der Waals surface area contributed by atoms with Crippen LogP contribution in [0.3, 0.4) is 0 Å². The molecule has 0 bridgehead atoms. The molecule has 3 heteroatoms. The fraction of sp³-hybridized carbons (Fsp3) is 0.700. The Morgan fingerprint density at radius 3 is 2.38 bits per heavy atom. The molecule has 0 saturated heterocycles. The lowest BCUT2D eigenvalue weighted by molar-refractivity contribution is -0.875. The number of carboxylic acid groups (broad SMARTS) is 1. The molecule has 0 aromatic carbocycles. The molecular weight excluding hydrogens is 166 g/mol. The number of quaternary nitrogens is 1. The number of hydrogen-bond donors (Lipinski definition) is 1. The Labute approximate surface area is 79.9 Å². The maximum absolute atomic E-state index is 10.4. The SMILES string of the molecule is CC(C)C#CC[N+](C)(C)CC(=O)O. The molecular formula is C10H18NO2+. The van der Waals surface area contributed by atoms with Crippen LogP contribution in [0.5, 0.6) is 0 Å². The molecule has 0 saturated carbocycles. The van der Waals surface area contributed by atoms with Crippen LogP contribution < -0.4 is 0 Å². The second-order valence-electron chi connectivity index (χ2n) is 4.12. The number of likely N-dealkylation sites (N-methyl/N-ethyl adjacent to an activating group) is 1. The second kappa shape index (κ2) is 4.88. The van der Waals surface area contributed by atoms with Gasteiger partial charge in [-0.3, -0.25) is 0 Å². The van der Waals surface area contributed by atoms with Crippen molar-refractivity contribution >= 4 is 5.97 Å². The maximum atomic E-state index is 10.4. The molecule has 13 heavy (non-hydrogen) atoms. The fourth-order valence-electron chi connectivity index (χ4n) is 0.886. The highest BCUT2D eigenvalue weighted by molar-refractivity contribution is 5.67. The molecule has 0 aliphatic heterocycles. The van der Waals surface area contributed by atoms with Crippen molar-refractivity contribution in [1.29, 1.82) is 0 Å². The summed E-state index contributed by atoms with van der Waals surface area (Å²) < 4.78 is 0.412. The van der Waals surface area contributed by atoms with Crippen molar-refractivity contribution in [2.45, 2.75) is 13.8 Å². The Hall–Kier alpha value is -1.01. The maximum Gasteiger partial charge on any atom is 0.359 e. The summed E-state index contributed by atoms with van der Waals surface area (Å²) in [6.45, 7) is 4.74. The molecule has 0 unspecified atom stereocenters. The van der Waals surface area contributed by atoms with Crippen molar-refractivity contribution < 1.29 is 14.4 Å². The molecule has 0 aromatic heterocycles. The van der Waals surface area contributed by atoms with Crippen LogP contribution in [-0.4, -0.2) is 42.7 Å². The van der Waals surface area contributed by atoms with E-state index in [9.17, 15) is 4.79 Å². The van der Waals surface area contributed by atoms with E-state index in [1.807, 2.05) is 27.9 Å². The lowest BCUT2D eigenvalue weighted by Gasteiger charge is -2.24. The number of hydrogen-bond acceptors (Lipinski definition) is 1. The van der Waals surface area contributed by atoms with Crippen LogP contribution in [0.25, 0.3) is 0 Å². The lowest BCUT2D eigenvalue weighted by atomic mass is 10.2. The van der Waals surface area contributed by atoms with E-state index in [2.05, 4.69) is 11.8 Å². The van der Waals surface area contributed by atoms with Crippen molar-refractivity contribution in [3.8, 4) is 11.8 Å². The summed E-state index contributed by atoms with van der Waals surface area (Å²) in [6.07, 6.45) is 0. The van der Waals surface area contributed by atoms with Gasteiger partial charge < -0.3 is 9.59 Å². The Balaban J connectivity index is 4.05. The van der Waals surface area contributed by atoms with Crippen molar-refractivity contribution in [3.05, 3.63) is 0 Å². The number of carbonyl (C=O) groups is 1. The van der Waals surface area contributed by atoms with Crippen LogP contribution in [0.2, 0.25) is 0 Å². The second-order valence-corrected chi connectivity index (χ2v) is 4.12. The summed E-state index contributed by atoms with van der Waals surface area (Å²) in [5.41, 5.74) is 0. The molecule has 1 N–H and O–H groups in total. The van der Waals surface area contributed by atoms with Gasteiger partial charge in [0.1, 0.15) is 6.54 Å². The molecule has 0 amide bonds. The Morgan fingerprint density at radius 2 is 2.00 bits per heavy atom. The highest BCUT2D eigenvalue weighted by Gasteiger charge is 2.17. The first-order chi connectivity index (χ1) is 5.83. The van der Waals surface area contributed by atoms with Crippen molar-refractivity contribution in [2.75, 3.05) is 27.2 Å². The highest BCUT2D eigenvalue weighted by Crippen LogP contribution is 1.95. The van der Waals surface area contributed by atoms with E-state index < -0.39 is 5.97 Å². The van der Waals surface area contributed by atoms with Gasteiger partial charge in [-0.15, -0.1) is 0 Å². The summed E-state index contributed by atoms with van der Waals surface area (Å²) in [4.78, 5) is 10.4. The van der Waals surface area contributed by atoms with Crippen LogP contribution in [0.15, 0.2) is 0 Å². The molecule has 0 heterocycles. The van der Waals surface area contributed by atoms with Gasteiger partial charge in [-0.1, -0.05) is 19.8 Å². The van der Waals surface area contributed by atoms with Crippen LogP contribution in [0, 0.1) is 17.8 Å². The van der Waals surface area contributed by atoms with Crippen LogP contribution in [0.1, 0.15) is 13.8 Å². The zero-order valence-electron chi connectivity index (χ0n) is 8.79. The molecule has 0 fully saturated rings. The summed E-state index contributed by atoms with van der Waals surface area (Å²) in [6, 6.07) is 0. The van der Waals surface area contributed by atoms with E-state index in [1.165, 1.54) is 0 Å². The van der Waals surface area contributed by atoms with Crippen LogP contribution in [-0.2, 0) is 4.79 Å². The zero-order chi connectivity index (χ0) is 10.5. The number of rotatable bonds is 3. The molecule has 0 aliphatic carbocycles. The quantitative estimate of drug-likeness (QED) is 0.520. The third kappa shape index (κ3) is 7.35. The smallest absolute Gasteiger partial charge is 0.359 e. The number of carboxylic acids is 1. The lowest BCUT2D eigenvalue weighted by Crippen LogP contribution is -2.44. The van der Waals surface area contributed by atoms with Crippen LogP contribution >= 0.6 is 0 Å². The minimum absolute atomic E-state index is 0.118. The fourth-order valence-corrected chi connectivity index (χ4v) is 0.886. The summed E-state index contributed by atoms with van der Waals surface area (Å²) in [5.74, 6) is 5.58. The number of aliphatic carboxylic acids is 1. The van der Waals surface area contributed by atoms with Gasteiger partial charge in [-0.05, 0) is 5.92 Å². The van der Waals surface area contributed by atoms with Gasteiger partial charge in [0, 0.05) is 5.92 Å². The third-order valence-corrected chi connectivity index (χ3v) is 1.46. The average Bonchev–Trinajstić information content (AvgIpc) is 1.81. The third-order valence-electron chi connectivity index (χ3n) is 1.46. The molecule has 0 radical (unpaired) electrons. The normalized spacial score (nSPS) is 10.8. The molecule has 74 valence electrons. The van der Waals surface area contributed by atoms with Crippen molar-refractivity contribution in [2.24, 2.45) is 5.92 Å². The minimum atomic E-state index is -0.781. The van der Waals surface area contributed by atoms with E-state index in [-0.39, 0.29) is 6.54 Å². The number of nitrogens with zero attached hydrogens (tertiary/aromatic N) is 1. The average molecular weight is 184 g/mol. The first-order valence-electron chi connectivity index (χ1n) is 4.36. The highest BCUT2D eigenvalue weighted by atomic mass is 16.4. The molecule has 0 aromatic rings. The van der Waals surface area contributed by atoms with Crippen molar-refractivity contribution in [1.82, 2.24) is 0 Å². The van der Waals surface area contributed by atoms with Gasteiger partial charge in [-0.2, -0.15) is 0 Å². The molecule has 3 nitrogen and oxygen atoms in total. The first-order valence-corrected chi connectivity index (χ1v) is 4.36. The predicted octanol–water partition coefficient (Wildman–Crippen LogP) is 0.807. The zero-order valence-corrected chi connectivity index (χ0v) is 8.79. The molecule has 0 aliphatic rings.